The van der Waals surface area contributed by atoms with Crippen molar-refractivity contribution in [2.75, 3.05) is 26.2 Å². The average molecular weight is 329 g/mol. The quantitative estimate of drug-likeness (QED) is 0.878. The van der Waals surface area contributed by atoms with E-state index in [0.717, 1.165) is 38.0 Å². The fourth-order valence-corrected chi connectivity index (χ4v) is 3.88. The Morgan fingerprint density at radius 3 is 2.75 bits per heavy atom. The molecular weight excluding hydrogens is 306 g/mol. The lowest BCUT2D eigenvalue weighted by Gasteiger charge is -2.39. The van der Waals surface area contributed by atoms with Gasteiger partial charge in [0.05, 0.1) is 12.3 Å². The van der Waals surface area contributed by atoms with Gasteiger partial charge in [-0.15, -0.1) is 0 Å². The number of amides is 1. The molecule has 2 atom stereocenters. The second-order valence-corrected chi connectivity index (χ2v) is 6.79. The molecular formula is C17H23N5O2. The predicted molar refractivity (Wildman–Crippen MR) is 88.8 cm³/mol. The maximum Gasteiger partial charge on any atom is 0.259 e. The number of nitrogens with zero attached hydrogens (tertiary/aromatic N) is 5. The molecule has 0 spiro atoms. The van der Waals surface area contributed by atoms with E-state index in [1.165, 1.54) is 0 Å². The molecule has 1 amide bonds. The Morgan fingerprint density at radius 2 is 2.04 bits per heavy atom. The third-order valence-corrected chi connectivity index (χ3v) is 5.25. The summed E-state index contributed by atoms with van der Waals surface area (Å²) in [5.74, 6) is -0.00489. The van der Waals surface area contributed by atoms with Crippen LogP contribution in [0, 0.1) is 6.92 Å². The molecule has 1 saturated heterocycles. The zero-order chi connectivity index (χ0) is 16.7. The number of hydrogen-bond acceptors (Lipinski definition) is 5. The zero-order valence-corrected chi connectivity index (χ0v) is 13.9. The first-order chi connectivity index (χ1) is 11.6. The standard InChI is InChI=1S/C17H23N5O2/c1-12-5-6-22-16(19-12)13(11-18-22)17(24)21-9-7-20(8-10-21)14-3-2-4-15(14)23/h5-6,11,14-15,23H,2-4,7-10H2,1H3. The number of aryl methyl sites for hydroxylation is 1. The minimum absolute atomic E-state index is 0.00489. The van der Waals surface area contributed by atoms with Crippen LogP contribution >= 0.6 is 0 Å². The third kappa shape index (κ3) is 2.67. The van der Waals surface area contributed by atoms with Crippen LogP contribution in [0.3, 0.4) is 0 Å². The second-order valence-electron chi connectivity index (χ2n) is 6.79. The topological polar surface area (TPSA) is 74.0 Å². The van der Waals surface area contributed by atoms with E-state index in [9.17, 15) is 9.90 Å². The number of rotatable bonds is 2. The van der Waals surface area contributed by atoms with E-state index in [1.807, 2.05) is 24.1 Å². The Kier molecular flexibility index (Phi) is 3.97. The lowest BCUT2D eigenvalue weighted by atomic mass is 10.1. The summed E-state index contributed by atoms with van der Waals surface area (Å²) in [6.45, 7) is 4.92. The van der Waals surface area contributed by atoms with Crippen molar-refractivity contribution in [2.24, 2.45) is 0 Å². The van der Waals surface area contributed by atoms with Crippen LogP contribution in [0.5, 0.6) is 0 Å². The molecule has 128 valence electrons. The van der Waals surface area contributed by atoms with E-state index in [-0.39, 0.29) is 18.1 Å². The van der Waals surface area contributed by atoms with E-state index < -0.39 is 0 Å². The molecule has 2 aromatic rings. The fraction of sp³-hybridized carbons (Fsp3) is 0.588. The van der Waals surface area contributed by atoms with Crippen molar-refractivity contribution in [3.05, 3.63) is 29.7 Å². The molecule has 7 heteroatoms. The van der Waals surface area contributed by atoms with Crippen molar-refractivity contribution in [2.45, 2.75) is 38.3 Å². The molecule has 1 saturated carbocycles. The first kappa shape index (κ1) is 15.5. The Balaban J connectivity index is 1.47. The number of carbonyl (C=O) groups is 1. The minimum Gasteiger partial charge on any atom is -0.391 e. The number of aliphatic hydroxyl groups excluding tert-OH is 1. The first-order valence-electron chi connectivity index (χ1n) is 8.66. The molecule has 2 fully saturated rings. The van der Waals surface area contributed by atoms with Crippen LogP contribution in [0.4, 0.5) is 0 Å². The van der Waals surface area contributed by atoms with Crippen molar-refractivity contribution in [3.8, 4) is 0 Å². The molecule has 1 aliphatic heterocycles. The molecule has 7 nitrogen and oxygen atoms in total. The number of aliphatic hydroxyl groups is 1. The minimum atomic E-state index is -0.209. The number of hydrogen-bond donors (Lipinski definition) is 1. The van der Waals surface area contributed by atoms with Crippen molar-refractivity contribution >= 4 is 11.6 Å². The Morgan fingerprint density at radius 1 is 1.25 bits per heavy atom. The van der Waals surface area contributed by atoms with Crippen molar-refractivity contribution < 1.29 is 9.90 Å². The van der Waals surface area contributed by atoms with Gasteiger partial charge < -0.3 is 10.0 Å². The largest absolute Gasteiger partial charge is 0.391 e. The number of carbonyl (C=O) groups excluding carboxylic acids is 1. The predicted octanol–water partition coefficient (Wildman–Crippen LogP) is 0.709. The van der Waals surface area contributed by atoms with Gasteiger partial charge in [-0.1, -0.05) is 0 Å². The van der Waals surface area contributed by atoms with Crippen molar-refractivity contribution in [1.82, 2.24) is 24.4 Å². The Bertz CT molecular complexity index is 751. The van der Waals surface area contributed by atoms with Crippen LogP contribution in [-0.2, 0) is 0 Å². The molecule has 3 heterocycles. The van der Waals surface area contributed by atoms with Gasteiger partial charge in [0.15, 0.2) is 5.65 Å². The third-order valence-electron chi connectivity index (χ3n) is 5.25. The molecule has 1 aliphatic carbocycles. The van der Waals surface area contributed by atoms with Gasteiger partial charge in [-0.3, -0.25) is 9.69 Å². The maximum absolute atomic E-state index is 12.8. The van der Waals surface area contributed by atoms with Crippen LogP contribution in [0.2, 0.25) is 0 Å². The van der Waals surface area contributed by atoms with E-state index in [0.29, 0.717) is 24.3 Å². The van der Waals surface area contributed by atoms with Gasteiger partial charge in [0.2, 0.25) is 0 Å². The molecule has 2 aliphatic rings. The number of fused-ring (bicyclic) bond motifs is 1. The van der Waals surface area contributed by atoms with Gasteiger partial charge >= 0.3 is 0 Å². The van der Waals surface area contributed by atoms with E-state index in [1.54, 1.807) is 10.7 Å². The summed E-state index contributed by atoms with van der Waals surface area (Å²) >= 11 is 0. The highest BCUT2D eigenvalue weighted by molar-refractivity contribution is 5.99. The summed E-state index contributed by atoms with van der Waals surface area (Å²) in [5.41, 5.74) is 2.05. The van der Waals surface area contributed by atoms with Gasteiger partial charge in [0.25, 0.3) is 5.91 Å². The summed E-state index contributed by atoms with van der Waals surface area (Å²) in [6, 6.07) is 2.14. The molecule has 2 unspecified atom stereocenters. The van der Waals surface area contributed by atoms with Crippen molar-refractivity contribution in [3.63, 3.8) is 0 Å². The molecule has 4 rings (SSSR count). The highest BCUT2D eigenvalue weighted by atomic mass is 16.3. The van der Waals surface area contributed by atoms with Gasteiger partial charge in [-0.05, 0) is 32.3 Å². The summed E-state index contributed by atoms with van der Waals surface area (Å²) in [6.07, 6.45) is 6.28. The van der Waals surface area contributed by atoms with Crippen LogP contribution < -0.4 is 0 Å². The SMILES string of the molecule is Cc1ccn2ncc(C(=O)N3CCN(C4CCCC4O)CC3)c2n1. The lowest BCUT2D eigenvalue weighted by Crippen LogP contribution is -2.53. The summed E-state index contributed by atoms with van der Waals surface area (Å²) in [4.78, 5) is 21.5. The monoisotopic (exact) mass is 329 g/mol. The van der Waals surface area contributed by atoms with Crippen LogP contribution in [-0.4, -0.2) is 73.7 Å². The zero-order valence-electron chi connectivity index (χ0n) is 13.9. The van der Waals surface area contributed by atoms with Crippen LogP contribution in [0.25, 0.3) is 5.65 Å². The first-order valence-corrected chi connectivity index (χ1v) is 8.66. The van der Waals surface area contributed by atoms with Gasteiger partial charge in [-0.2, -0.15) is 5.10 Å². The molecule has 0 radical (unpaired) electrons. The normalized spacial score (nSPS) is 25.5. The highest BCUT2D eigenvalue weighted by Gasteiger charge is 2.33. The lowest BCUT2D eigenvalue weighted by molar-refractivity contribution is 0.0316. The van der Waals surface area contributed by atoms with Crippen LogP contribution in [0.1, 0.15) is 35.3 Å². The number of aromatic nitrogens is 3. The highest BCUT2D eigenvalue weighted by Crippen LogP contribution is 2.25. The summed E-state index contributed by atoms with van der Waals surface area (Å²) in [7, 11) is 0. The summed E-state index contributed by atoms with van der Waals surface area (Å²) < 4.78 is 1.64. The number of piperazine rings is 1. The second kappa shape index (κ2) is 6.14. The maximum atomic E-state index is 12.8. The molecule has 1 N–H and O–H groups in total. The van der Waals surface area contributed by atoms with Gasteiger partial charge in [-0.25, -0.2) is 9.50 Å². The smallest absolute Gasteiger partial charge is 0.259 e. The van der Waals surface area contributed by atoms with E-state index in [2.05, 4.69) is 15.0 Å². The molecule has 0 bridgehead atoms. The van der Waals surface area contributed by atoms with Crippen LogP contribution in [0.15, 0.2) is 18.5 Å². The molecule has 0 aromatic carbocycles. The average Bonchev–Trinajstić information content (AvgIpc) is 3.20. The molecule has 2 aromatic heterocycles. The van der Waals surface area contributed by atoms with Gasteiger partial charge in [0, 0.05) is 44.1 Å². The van der Waals surface area contributed by atoms with Crippen molar-refractivity contribution in [1.29, 1.82) is 0 Å². The van der Waals surface area contributed by atoms with E-state index in [4.69, 9.17) is 0 Å². The fourth-order valence-electron chi connectivity index (χ4n) is 3.88. The Hall–Kier alpha value is -1.99. The summed E-state index contributed by atoms with van der Waals surface area (Å²) in [5, 5.41) is 14.3. The van der Waals surface area contributed by atoms with Gasteiger partial charge in [0.1, 0.15) is 5.56 Å². The Labute approximate surface area is 140 Å². The molecule has 24 heavy (non-hydrogen) atoms. The van der Waals surface area contributed by atoms with E-state index >= 15 is 0 Å².